The molecule has 0 saturated heterocycles. The molecule has 0 heterocycles. The first-order valence-electron chi connectivity index (χ1n) is 4.89. The van der Waals surface area contributed by atoms with Gasteiger partial charge in [0.25, 0.3) is 0 Å². The van der Waals surface area contributed by atoms with Crippen LogP contribution >= 0.6 is 0 Å². The molecule has 0 radical (unpaired) electrons. The number of hydrogen-bond donors (Lipinski definition) is 2. The van der Waals surface area contributed by atoms with Crippen LogP contribution in [0.2, 0.25) is 0 Å². The lowest BCUT2D eigenvalue weighted by Crippen LogP contribution is -1.99. The van der Waals surface area contributed by atoms with Crippen LogP contribution in [0.5, 0.6) is 0 Å². The summed E-state index contributed by atoms with van der Waals surface area (Å²) in [5, 5.41) is 20.7. The largest absolute Gasteiger partial charge is 0.506 e. The van der Waals surface area contributed by atoms with Crippen molar-refractivity contribution < 1.29 is 15.0 Å². The highest BCUT2D eigenvalue weighted by molar-refractivity contribution is 6.30. The van der Waals surface area contributed by atoms with Gasteiger partial charge >= 0.3 is 5.97 Å². The zero-order chi connectivity index (χ0) is 11.3. The van der Waals surface area contributed by atoms with Gasteiger partial charge in [-0.25, -0.2) is 4.79 Å². The number of hydrogen-bond acceptors (Lipinski definition) is 2. The number of carboxylic acids is 1. The molecule has 16 heavy (non-hydrogen) atoms. The molecule has 0 spiro atoms. The van der Waals surface area contributed by atoms with Gasteiger partial charge in [-0.1, -0.05) is 36.4 Å². The van der Waals surface area contributed by atoms with Crippen molar-refractivity contribution in [2.75, 3.05) is 0 Å². The number of aliphatic carboxylic acids is 1. The van der Waals surface area contributed by atoms with E-state index in [2.05, 4.69) is 0 Å². The minimum Gasteiger partial charge on any atom is -0.506 e. The first-order chi connectivity index (χ1) is 7.70. The van der Waals surface area contributed by atoms with E-state index in [4.69, 9.17) is 5.11 Å². The van der Waals surface area contributed by atoms with Crippen LogP contribution in [0.25, 0.3) is 22.1 Å². The van der Waals surface area contributed by atoms with Crippen LogP contribution in [0.15, 0.2) is 36.4 Å². The van der Waals surface area contributed by atoms with Crippen LogP contribution < -0.4 is 0 Å². The Morgan fingerprint density at radius 1 is 1.00 bits per heavy atom. The maximum atomic E-state index is 11.1. The van der Waals surface area contributed by atoms with Crippen molar-refractivity contribution >= 4 is 28.1 Å². The Balaban J connectivity index is 2.50. The molecular formula is C13H8O3. The third kappa shape index (κ3) is 0.945. The molecule has 0 aliphatic heterocycles. The minimum absolute atomic E-state index is 0.00759. The Morgan fingerprint density at radius 2 is 1.62 bits per heavy atom. The van der Waals surface area contributed by atoms with Crippen LogP contribution in [0.3, 0.4) is 0 Å². The normalized spacial score (nSPS) is 13.5. The fourth-order valence-corrected chi connectivity index (χ4v) is 2.23. The van der Waals surface area contributed by atoms with Gasteiger partial charge in [0.1, 0.15) is 11.3 Å². The highest BCUT2D eigenvalue weighted by Gasteiger charge is 2.27. The standard InChI is InChI=1S/C13H8O3/c14-12-9-6-2-4-7-3-1-5-8(10(7)9)11(12)13(15)16/h1-6,14H,(H,15,16). The molecule has 0 fully saturated rings. The second-order valence-corrected chi connectivity index (χ2v) is 3.74. The van der Waals surface area contributed by atoms with Gasteiger partial charge in [0.15, 0.2) is 0 Å². The first-order valence-corrected chi connectivity index (χ1v) is 4.89. The number of carbonyl (C=O) groups is 1. The van der Waals surface area contributed by atoms with E-state index in [1.165, 1.54) is 0 Å². The van der Waals surface area contributed by atoms with E-state index in [1.807, 2.05) is 18.2 Å². The van der Waals surface area contributed by atoms with E-state index in [9.17, 15) is 9.90 Å². The molecule has 2 aromatic carbocycles. The molecule has 2 N–H and O–H groups in total. The zero-order valence-electron chi connectivity index (χ0n) is 8.27. The van der Waals surface area contributed by atoms with Gasteiger partial charge in [-0.15, -0.1) is 0 Å². The van der Waals surface area contributed by atoms with Gasteiger partial charge in [0.05, 0.1) is 0 Å². The van der Waals surface area contributed by atoms with E-state index >= 15 is 0 Å². The molecule has 0 bridgehead atoms. The van der Waals surface area contributed by atoms with Crippen molar-refractivity contribution in [1.82, 2.24) is 0 Å². The van der Waals surface area contributed by atoms with E-state index in [0.29, 0.717) is 11.1 Å². The van der Waals surface area contributed by atoms with Crippen molar-refractivity contribution in [3.05, 3.63) is 47.5 Å². The van der Waals surface area contributed by atoms with Crippen molar-refractivity contribution in [3.8, 4) is 0 Å². The Kier molecular flexibility index (Phi) is 1.60. The predicted molar refractivity (Wildman–Crippen MR) is 61.0 cm³/mol. The van der Waals surface area contributed by atoms with Crippen molar-refractivity contribution in [1.29, 1.82) is 0 Å². The van der Waals surface area contributed by atoms with E-state index in [-0.39, 0.29) is 11.3 Å². The topological polar surface area (TPSA) is 57.5 Å². The average Bonchev–Trinajstić information content (AvgIpc) is 2.55. The second kappa shape index (κ2) is 2.85. The summed E-state index contributed by atoms with van der Waals surface area (Å²) in [6.07, 6.45) is 0. The summed E-state index contributed by atoms with van der Waals surface area (Å²) >= 11 is 0. The quantitative estimate of drug-likeness (QED) is 0.764. The third-order valence-electron chi connectivity index (χ3n) is 2.88. The molecule has 0 aromatic heterocycles. The molecule has 0 unspecified atom stereocenters. The molecule has 1 aliphatic carbocycles. The Labute approximate surface area is 91.3 Å². The van der Waals surface area contributed by atoms with Gasteiger partial charge in [-0.2, -0.15) is 0 Å². The van der Waals surface area contributed by atoms with Crippen LogP contribution in [-0.4, -0.2) is 16.2 Å². The summed E-state index contributed by atoms with van der Waals surface area (Å²) in [5.41, 5.74) is 1.19. The Bertz CT molecular complexity index is 648. The van der Waals surface area contributed by atoms with Crippen LogP contribution in [-0.2, 0) is 4.79 Å². The van der Waals surface area contributed by atoms with Crippen LogP contribution in [0, 0.1) is 0 Å². The first kappa shape index (κ1) is 8.97. The van der Waals surface area contributed by atoms with Gasteiger partial charge in [-0.05, 0) is 5.39 Å². The number of benzene rings is 2. The van der Waals surface area contributed by atoms with Gasteiger partial charge in [-0.3, -0.25) is 0 Å². The minimum atomic E-state index is -1.10. The van der Waals surface area contributed by atoms with E-state index in [1.54, 1.807) is 18.2 Å². The molecule has 3 heteroatoms. The third-order valence-corrected chi connectivity index (χ3v) is 2.88. The lowest BCUT2D eigenvalue weighted by atomic mass is 10.0. The predicted octanol–water partition coefficient (Wildman–Crippen LogP) is 2.66. The number of rotatable bonds is 1. The number of aliphatic hydroxyl groups excluding tert-OH is 1. The Morgan fingerprint density at radius 3 is 2.25 bits per heavy atom. The fraction of sp³-hybridized carbons (Fsp3) is 0. The Hall–Kier alpha value is -2.29. The second-order valence-electron chi connectivity index (χ2n) is 3.74. The van der Waals surface area contributed by atoms with Gasteiger partial charge < -0.3 is 10.2 Å². The maximum Gasteiger partial charge on any atom is 0.340 e. The summed E-state index contributed by atoms with van der Waals surface area (Å²) in [6, 6.07) is 10.9. The van der Waals surface area contributed by atoms with Crippen LogP contribution in [0.4, 0.5) is 0 Å². The zero-order valence-corrected chi connectivity index (χ0v) is 8.27. The molecule has 3 rings (SSSR count). The lowest BCUT2D eigenvalue weighted by molar-refractivity contribution is -0.130. The number of aliphatic hydroxyl groups is 1. The monoisotopic (exact) mass is 212 g/mol. The molecule has 2 aromatic rings. The van der Waals surface area contributed by atoms with Crippen molar-refractivity contribution in [3.63, 3.8) is 0 Å². The summed E-state index contributed by atoms with van der Waals surface area (Å²) in [4.78, 5) is 11.1. The molecule has 0 amide bonds. The van der Waals surface area contributed by atoms with Crippen molar-refractivity contribution in [2.24, 2.45) is 0 Å². The SMILES string of the molecule is O=C(O)C1=C(O)c2cccc3cccc1c23. The van der Waals surface area contributed by atoms with Crippen LogP contribution in [0.1, 0.15) is 11.1 Å². The lowest BCUT2D eigenvalue weighted by Gasteiger charge is -2.01. The summed E-state index contributed by atoms with van der Waals surface area (Å²) in [5.74, 6) is -1.24. The smallest absolute Gasteiger partial charge is 0.340 e. The van der Waals surface area contributed by atoms with Crippen molar-refractivity contribution in [2.45, 2.75) is 0 Å². The molecular weight excluding hydrogens is 204 g/mol. The highest BCUT2D eigenvalue weighted by Crippen LogP contribution is 2.40. The van der Waals surface area contributed by atoms with Gasteiger partial charge in [0, 0.05) is 16.5 Å². The maximum absolute atomic E-state index is 11.1. The summed E-state index contributed by atoms with van der Waals surface area (Å²) in [7, 11) is 0. The number of carboxylic acid groups (broad SMARTS) is 1. The highest BCUT2D eigenvalue weighted by atomic mass is 16.4. The molecule has 78 valence electrons. The molecule has 0 atom stereocenters. The summed E-state index contributed by atoms with van der Waals surface area (Å²) < 4.78 is 0. The van der Waals surface area contributed by atoms with E-state index in [0.717, 1.165) is 10.8 Å². The van der Waals surface area contributed by atoms with E-state index < -0.39 is 5.97 Å². The van der Waals surface area contributed by atoms with Gasteiger partial charge in [0.2, 0.25) is 0 Å². The fourth-order valence-electron chi connectivity index (χ4n) is 2.23. The molecule has 3 nitrogen and oxygen atoms in total. The average molecular weight is 212 g/mol. The molecule has 1 aliphatic rings. The molecule has 0 saturated carbocycles. The summed E-state index contributed by atoms with van der Waals surface area (Å²) in [6.45, 7) is 0.